The van der Waals surface area contributed by atoms with Gasteiger partial charge >= 0.3 is 6.18 Å². The van der Waals surface area contributed by atoms with Gasteiger partial charge in [0.15, 0.2) is 0 Å². The van der Waals surface area contributed by atoms with Gasteiger partial charge in [0, 0.05) is 18.2 Å². The largest absolute Gasteiger partial charge is 0.416 e. The molecule has 1 aliphatic rings. The molecule has 4 rings (SSSR count). The van der Waals surface area contributed by atoms with Crippen molar-refractivity contribution in [2.45, 2.75) is 50.9 Å². The summed E-state index contributed by atoms with van der Waals surface area (Å²) in [6, 6.07) is 9.65. The predicted octanol–water partition coefficient (Wildman–Crippen LogP) is 4.91. The van der Waals surface area contributed by atoms with Crippen LogP contribution < -0.4 is 5.32 Å². The summed E-state index contributed by atoms with van der Waals surface area (Å²) in [5.74, 6) is 0.0410. The summed E-state index contributed by atoms with van der Waals surface area (Å²) in [5, 5.41) is 21.5. The maximum absolute atomic E-state index is 13.1. The van der Waals surface area contributed by atoms with Crippen LogP contribution in [0.5, 0.6) is 0 Å². The molecule has 0 unspecified atom stereocenters. The van der Waals surface area contributed by atoms with Crippen molar-refractivity contribution in [3.63, 3.8) is 0 Å². The molecule has 9 heteroatoms. The predicted molar refractivity (Wildman–Crippen MR) is 118 cm³/mol. The monoisotopic (exact) mass is 461 g/mol. The van der Waals surface area contributed by atoms with Crippen molar-refractivity contribution in [1.29, 1.82) is 0 Å². The molecule has 3 aromatic rings. The van der Waals surface area contributed by atoms with Gasteiger partial charge in [-0.1, -0.05) is 12.1 Å². The lowest BCUT2D eigenvalue weighted by Gasteiger charge is -2.30. The minimum Gasteiger partial charge on any atom is -0.396 e. The van der Waals surface area contributed by atoms with Gasteiger partial charge in [0.05, 0.1) is 23.2 Å². The van der Waals surface area contributed by atoms with Gasteiger partial charge in [-0.25, -0.2) is 4.98 Å². The normalized spacial score (nSPS) is 19.1. The number of imidazole rings is 1. The number of fused-ring (bicyclic) bond motifs is 1. The van der Waals surface area contributed by atoms with E-state index in [0.717, 1.165) is 49.8 Å². The number of aliphatic hydroxyl groups is 2. The van der Waals surface area contributed by atoms with E-state index in [1.54, 1.807) is 12.1 Å². The van der Waals surface area contributed by atoms with Gasteiger partial charge < -0.3 is 14.8 Å². The molecule has 0 spiro atoms. The second-order valence-electron chi connectivity index (χ2n) is 8.51. The zero-order chi connectivity index (χ0) is 23.6. The highest BCUT2D eigenvalue weighted by atomic mass is 19.4. The lowest BCUT2D eigenvalue weighted by atomic mass is 9.84. The number of hydrogen-bond acceptors (Lipinski definition) is 4. The fourth-order valence-electron chi connectivity index (χ4n) is 4.58. The third-order valence-corrected chi connectivity index (χ3v) is 6.33. The third kappa shape index (κ3) is 5.04. The van der Waals surface area contributed by atoms with Crippen LogP contribution >= 0.6 is 0 Å². The van der Waals surface area contributed by atoms with Gasteiger partial charge in [0.2, 0.25) is 5.95 Å². The molecule has 0 atom stereocenters. The molecule has 33 heavy (non-hydrogen) atoms. The fraction of sp³-hybridized carbons (Fsp3) is 0.417. The highest BCUT2D eigenvalue weighted by molar-refractivity contribution is 6.04. The van der Waals surface area contributed by atoms with Gasteiger partial charge in [-0.05, 0) is 73.9 Å². The van der Waals surface area contributed by atoms with Crippen LogP contribution in [-0.4, -0.2) is 32.3 Å². The van der Waals surface area contributed by atoms with Crippen molar-refractivity contribution in [2.24, 2.45) is 5.92 Å². The van der Waals surface area contributed by atoms with Crippen LogP contribution in [0.3, 0.4) is 0 Å². The van der Waals surface area contributed by atoms with E-state index in [-0.39, 0.29) is 30.8 Å². The Kier molecular flexibility index (Phi) is 6.71. The highest BCUT2D eigenvalue weighted by Gasteiger charge is 2.31. The van der Waals surface area contributed by atoms with Gasteiger partial charge in [-0.15, -0.1) is 0 Å². The molecule has 0 radical (unpaired) electrons. The Morgan fingerprint density at radius 2 is 1.85 bits per heavy atom. The third-order valence-electron chi connectivity index (χ3n) is 6.33. The van der Waals surface area contributed by atoms with E-state index in [1.807, 2.05) is 10.6 Å². The lowest BCUT2D eigenvalue weighted by molar-refractivity contribution is -0.137. The van der Waals surface area contributed by atoms with Crippen LogP contribution in [0.1, 0.15) is 59.6 Å². The molecular weight excluding hydrogens is 435 g/mol. The number of aliphatic hydroxyl groups excluding tert-OH is 2. The van der Waals surface area contributed by atoms with E-state index in [9.17, 15) is 28.2 Å². The van der Waals surface area contributed by atoms with E-state index < -0.39 is 17.6 Å². The summed E-state index contributed by atoms with van der Waals surface area (Å²) in [7, 11) is 0. The van der Waals surface area contributed by atoms with Gasteiger partial charge in [-0.3, -0.25) is 10.1 Å². The van der Waals surface area contributed by atoms with Crippen molar-refractivity contribution >= 4 is 22.9 Å². The van der Waals surface area contributed by atoms with Gasteiger partial charge in [-0.2, -0.15) is 13.2 Å². The van der Waals surface area contributed by atoms with Crippen LogP contribution in [-0.2, 0) is 12.8 Å². The van der Waals surface area contributed by atoms with E-state index in [1.165, 1.54) is 12.1 Å². The molecule has 6 nitrogen and oxygen atoms in total. The van der Waals surface area contributed by atoms with Gasteiger partial charge in [0.1, 0.15) is 0 Å². The minimum absolute atomic E-state index is 0.0377. The molecule has 1 heterocycles. The molecule has 1 aromatic heterocycles. The first-order chi connectivity index (χ1) is 15.8. The number of carbonyl (C=O) groups is 1. The zero-order valence-corrected chi connectivity index (χ0v) is 18.0. The molecule has 0 bridgehead atoms. The molecule has 1 amide bonds. The number of hydrogen-bond donors (Lipinski definition) is 3. The number of carbonyl (C=O) groups excluding carboxylic acids is 1. The van der Waals surface area contributed by atoms with Crippen LogP contribution in [0, 0.1) is 5.92 Å². The van der Waals surface area contributed by atoms with Crippen LogP contribution in [0.4, 0.5) is 19.1 Å². The number of amides is 1. The number of halogens is 3. The average molecular weight is 461 g/mol. The lowest BCUT2D eigenvalue weighted by Crippen LogP contribution is -2.22. The molecule has 1 saturated carbocycles. The maximum atomic E-state index is 13.1. The Bertz CT molecular complexity index is 1130. The van der Waals surface area contributed by atoms with Gasteiger partial charge in [0.25, 0.3) is 5.91 Å². The number of alkyl halides is 3. The van der Waals surface area contributed by atoms with E-state index in [0.29, 0.717) is 17.0 Å². The van der Waals surface area contributed by atoms with Crippen molar-refractivity contribution < 1.29 is 28.2 Å². The zero-order valence-electron chi connectivity index (χ0n) is 18.0. The summed E-state index contributed by atoms with van der Waals surface area (Å²) in [5.41, 5.74) is 1.09. The summed E-state index contributed by atoms with van der Waals surface area (Å²) in [6.07, 6.45) is -0.294. The molecule has 176 valence electrons. The first kappa shape index (κ1) is 23.3. The SMILES string of the molecule is O=C(Nc1nc2ccc(CO)cc2n1C1CCC(CCO)CC1)c1cccc(C(F)(F)F)c1. The summed E-state index contributed by atoms with van der Waals surface area (Å²) in [4.78, 5) is 17.4. The average Bonchev–Trinajstić information content (AvgIpc) is 3.16. The molecule has 1 fully saturated rings. The number of rotatable bonds is 6. The van der Waals surface area contributed by atoms with Crippen molar-refractivity contribution in [1.82, 2.24) is 9.55 Å². The topological polar surface area (TPSA) is 87.4 Å². The quantitative estimate of drug-likeness (QED) is 0.487. The number of nitrogens with zero attached hydrogens (tertiary/aromatic N) is 2. The molecular formula is C24H26F3N3O3. The van der Waals surface area contributed by atoms with Crippen LogP contribution in [0.15, 0.2) is 42.5 Å². The Morgan fingerprint density at radius 3 is 2.52 bits per heavy atom. The molecule has 0 aliphatic heterocycles. The Hall–Kier alpha value is -2.91. The minimum atomic E-state index is -4.54. The summed E-state index contributed by atoms with van der Waals surface area (Å²) < 4.78 is 41.2. The summed E-state index contributed by atoms with van der Waals surface area (Å²) >= 11 is 0. The number of benzene rings is 2. The number of nitrogens with one attached hydrogen (secondary N) is 1. The number of aromatic nitrogens is 2. The van der Waals surface area contributed by atoms with Crippen molar-refractivity contribution in [2.75, 3.05) is 11.9 Å². The van der Waals surface area contributed by atoms with E-state index >= 15 is 0 Å². The van der Waals surface area contributed by atoms with E-state index in [4.69, 9.17) is 0 Å². The fourth-order valence-corrected chi connectivity index (χ4v) is 4.58. The van der Waals surface area contributed by atoms with Crippen LogP contribution in [0.25, 0.3) is 11.0 Å². The van der Waals surface area contributed by atoms with E-state index in [2.05, 4.69) is 10.3 Å². The maximum Gasteiger partial charge on any atom is 0.416 e. The Labute approximate surface area is 189 Å². The second-order valence-corrected chi connectivity index (χ2v) is 8.51. The Balaban J connectivity index is 1.67. The Morgan fingerprint density at radius 1 is 1.09 bits per heavy atom. The second kappa shape index (κ2) is 9.52. The molecule has 2 aromatic carbocycles. The van der Waals surface area contributed by atoms with Crippen molar-refractivity contribution in [3.8, 4) is 0 Å². The summed E-state index contributed by atoms with van der Waals surface area (Å²) in [6.45, 7) is 0.0117. The highest BCUT2D eigenvalue weighted by Crippen LogP contribution is 2.38. The van der Waals surface area contributed by atoms with Crippen molar-refractivity contribution in [3.05, 3.63) is 59.2 Å². The molecule has 3 N–H and O–H groups in total. The first-order valence-corrected chi connectivity index (χ1v) is 11.0. The molecule has 0 saturated heterocycles. The standard InChI is InChI=1S/C24H26F3N3O3/c25-24(26,27)18-3-1-2-17(13-18)22(33)29-23-28-20-9-6-16(14-32)12-21(20)30(23)19-7-4-15(5-8-19)10-11-31/h1-3,6,9,12-13,15,19,31-32H,4-5,7-8,10-11,14H2,(H,28,29,33). The first-order valence-electron chi connectivity index (χ1n) is 11.0. The van der Waals surface area contributed by atoms with Crippen LogP contribution in [0.2, 0.25) is 0 Å². The smallest absolute Gasteiger partial charge is 0.396 e. The number of anilines is 1. The molecule has 1 aliphatic carbocycles.